The number of para-hydroxylation sites is 1. The summed E-state index contributed by atoms with van der Waals surface area (Å²) >= 11 is 0. The van der Waals surface area contributed by atoms with E-state index in [2.05, 4.69) is 26.7 Å². The average molecular weight is 320 g/mol. The summed E-state index contributed by atoms with van der Waals surface area (Å²) in [4.78, 5) is 8.72. The van der Waals surface area contributed by atoms with Crippen LogP contribution in [0.5, 0.6) is 5.75 Å². The molecule has 0 bridgehead atoms. The van der Waals surface area contributed by atoms with Gasteiger partial charge in [0, 0.05) is 18.4 Å². The zero-order chi connectivity index (χ0) is 16.6. The first-order valence-electron chi connectivity index (χ1n) is 7.85. The molecule has 0 aliphatic rings. The van der Waals surface area contributed by atoms with Gasteiger partial charge in [0.2, 0.25) is 5.95 Å². The second kappa shape index (κ2) is 7.97. The minimum Gasteiger partial charge on any atom is -0.497 e. The van der Waals surface area contributed by atoms with Gasteiger partial charge in [0.15, 0.2) is 0 Å². The third-order valence-electron chi connectivity index (χ3n) is 3.54. The summed E-state index contributed by atoms with van der Waals surface area (Å²) < 4.78 is 5.24. The quantitative estimate of drug-likeness (QED) is 0.692. The van der Waals surface area contributed by atoms with E-state index in [-0.39, 0.29) is 0 Å². The van der Waals surface area contributed by atoms with Crippen LogP contribution < -0.4 is 15.4 Å². The van der Waals surface area contributed by atoms with Crippen molar-refractivity contribution in [3.05, 3.63) is 72.4 Å². The molecule has 0 unspecified atom stereocenters. The van der Waals surface area contributed by atoms with E-state index in [1.807, 2.05) is 54.6 Å². The maximum absolute atomic E-state index is 5.24. The fourth-order valence-electron chi connectivity index (χ4n) is 2.33. The number of nitrogens with zero attached hydrogens (tertiary/aromatic N) is 2. The number of benzene rings is 2. The molecule has 0 atom stereocenters. The lowest BCUT2D eigenvalue weighted by Gasteiger charge is -2.09. The highest BCUT2D eigenvalue weighted by Gasteiger charge is 2.01. The van der Waals surface area contributed by atoms with Gasteiger partial charge in [-0.1, -0.05) is 30.3 Å². The highest BCUT2D eigenvalue weighted by atomic mass is 16.5. The molecule has 0 radical (unpaired) electrons. The topological polar surface area (TPSA) is 59.1 Å². The molecule has 5 nitrogen and oxygen atoms in total. The summed E-state index contributed by atoms with van der Waals surface area (Å²) in [7, 11) is 1.68. The Labute approximate surface area is 141 Å². The minimum atomic E-state index is 0.576. The Kier molecular flexibility index (Phi) is 5.24. The molecule has 0 saturated heterocycles. The van der Waals surface area contributed by atoms with Crippen LogP contribution in [0, 0.1) is 0 Å². The molecule has 0 saturated carbocycles. The molecule has 1 heterocycles. The molecule has 2 aromatic carbocycles. The molecule has 0 fully saturated rings. The van der Waals surface area contributed by atoms with E-state index in [0.717, 1.165) is 30.2 Å². The molecule has 1 aromatic heterocycles. The van der Waals surface area contributed by atoms with Crippen LogP contribution >= 0.6 is 0 Å². The number of ether oxygens (including phenoxy) is 1. The number of aromatic nitrogens is 2. The van der Waals surface area contributed by atoms with Gasteiger partial charge in [0.05, 0.1) is 7.11 Å². The Hall–Kier alpha value is -3.08. The summed E-state index contributed by atoms with van der Waals surface area (Å²) in [5.74, 6) is 2.25. The zero-order valence-corrected chi connectivity index (χ0v) is 13.6. The first kappa shape index (κ1) is 15.8. The van der Waals surface area contributed by atoms with Gasteiger partial charge in [-0.15, -0.1) is 0 Å². The minimum absolute atomic E-state index is 0.576. The standard InChI is InChI=1S/C19H20N4O/c1-24-17-9-5-6-15(14-17)10-12-20-18-11-13-21-19(23-18)22-16-7-3-2-4-8-16/h2-9,11,13-14H,10,12H2,1H3,(H2,20,21,22,23). The van der Waals surface area contributed by atoms with E-state index in [9.17, 15) is 0 Å². The maximum atomic E-state index is 5.24. The van der Waals surface area contributed by atoms with Crippen molar-refractivity contribution in [3.63, 3.8) is 0 Å². The Bertz CT molecular complexity index is 777. The van der Waals surface area contributed by atoms with Crippen molar-refractivity contribution in [2.45, 2.75) is 6.42 Å². The molecule has 0 spiro atoms. The van der Waals surface area contributed by atoms with Crippen LogP contribution in [0.4, 0.5) is 17.5 Å². The van der Waals surface area contributed by atoms with Crippen LogP contribution in [0.1, 0.15) is 5.56 Å². The fourth-order valence-corrected chi connectivity index (χ4v) is 2.33. The first-order chi connectivity index (χ1) is 11.8. The second-order valence-electron chi connectivity index (χ2n) is 5.28. The number of hydrogen-bond donors (Lipinski definition) is 2. The van der Waals surface area contributed by atoms with Crippen LogP contribution in [-0.2, 0) is 6.42 Å². The summed E-state index contributed by atoms with van der Waals surface area (Å²) in [6, 6.07) is 19.8. The molecule has 2 N–H and O–H groups in total. The van der Waals surface area contributed by atoms with Gasteiger partial charge in [0.1, 0.15) is 11.6 Å². The van der Waals surface area contributed by atoms with E-state index < -0.39 is 0 Å². The van der Waals surface area contributed by atoms with E-state index in [1.54, 1.807) is 13.3 Å². The molecular formula is C19H20N4O. The van der Waals surface area contributed by atoms with E-state index in [1.165, 1.54) is 5.56 Å². The lowest BCUT2D eigenvalue weighted by atomic mass is 10.1. The first-order valence-corrected chi connectivity index (χ1v) is 7.85. The summed E-state index contributed by atoms with van der Waals surface area (Å²) in [5.41, 5.74) is 2.18. The maximum Gasteiger partial charge on any atom is 0.229 e. The molecule has 0 amide bonds. The predicted octanol–water partition coefficient (Wildman–Crippen LogP) is 3.88. The van der Waals surface area contributed by atoms with E-state index in [0.29, 0.717) is 5.95 Å². The summed E-state index contributed by atoms with van der Waals surface area (Å²) in [5, 5.41) is 6.51. The zero-order valence-electron chi connectivity index (χ0n) is 13.6. The van der Waals surface area contributed by atoms with Crippen molar-refractivity contribution < 1.29 is 4.74 Å². The number of nitrogens with one attached hydrogen (secondary N) is 2. The van der Waals surface area contributed by atoms with E-state index in [4.69, 9.17) is 4.74 Å². The fraction of sp³-hybridized carbons (Fsp3) is 0.158. The molecule has 0 aliphatic heterocycles. The lowest BCUT2D eigenvalue weighted by molar-refractivity contribution is 0.414. The molecule has 122 valence electrons. The van der Waals surface area contributed by atoms with E-state index >= 15 is 0 Å². The second-order valence-corrected chi connectivity index (χ2v) is 5.28. The number of methoxy groups -OCH3 is 1. The monoisotopic (exact) mass is 320 g/mol. The van der Waals surface area contributed by atoms with Crippen molar-refractivity contribution in [1.82, 2.24) is 9.97 Å². The molecule has 0 aliphatic carbocycles. The van der Waals surface area contributed by atoms with Gasteiger partial charge >= 0.3 is 0 Å². The SMILES string of the molecule is COc1cccc(CCNc2ccnc(Nc3ccccc3)n2)c1. The van der Waals surface area contributed by atoms with Gasteiger partial charge in [-0.2, -0.15) is 4.98 Å². The molecule has 3 rings (SSSR count). The third kappa shape index (κ3) is 4.46. The van der Waals surface area contributed by atoms with Crippen molar-refractivity contribution in [1.29, 1.82) is 0 Å². The largest absolute Gasteiger partial charge is 0.497 e. The highest BCUT2D eigenvalue weighted by molar-refractivity contribution is 5.54. The Morgan fingerprint density at radius 3 is 2.71 bits per heavy atom. The van der Waals surface area contributed by atoms with Crippen molar-refractivity contribution >= 4 is 17.5 Å². The van der Waals surface area contributed by atoms with Crippen LogP contribution in [0.2, 0.25) is 0 Å². The summed E-state index contributed by atoms with van der Waals surface area (Å²) in [6.45, 7) is 0.787. The third-order valence-corrected chi connectivity index (χ3v) is 3.54. The van der Waals surface area contributed by atoms with Crippen LogP contribution in [0.25, 0.3) is 0 Å². The Balaban J connectivity index is 1.56. The van der Waals surface area contributed by atoms with Gasteiger partial charge in [-0.3, -0.25) is 0 Å². The molecule has 24 heavy (non-hydrogen) atoms. The van der Waals surface area contributed by atoms with Crippen molar-refractivity contribution in [2.24, 2.45) is 0 Å². The predicted molar refractivity (Wildman–Crippen MR) is 96.9 cm³/mol. The summed E-state index contributed by atoms with van der Waals surface area (Å²) in [6.07, 6.45) is 2.63. The van der Waals surface area contributed by atoms with Crippen molar-refractivity contribution in [3.8, 4) is 5.75 Å². The highest BCUT2D eigenvalue weighted by Crippen LogP contribution is 2.15. The van der Waals surface area contributed by atoms with Gasteiger partial charge < -0.3 is 15.4 Å². The molecule has 5 heteroatoms. The lowest BCUT2D eigenvalue weighted by Crippen LogP contribution is -2.07. The molecule has 3 aromatic rings. The van der Waals surface area contributed by atoms with Crippen LogP contribution in [-0.4, -0.2) is 23.6 Å². The Morgan fingerprint density at radius 2 is 1.88 bits per heavy atom. The number of anilines is 3. The Morgan fingerprint density at radius 1 is 1.00 bits per heavy atom. The number of rotatable bonds is 7. The van der Waals surface area contributed by atoms with Crippen molar-refractivity contribution in [2.75, 3.05) is 24.3 Å². The van der Waals surface area contributed by atoms with Gasteiger partial charge in [-0.25, -0.2) is 4.98 Å². The molecular weight excluding hydrogens is 300 g/mol. The van der Waals surface area contributed by atoms with Gasteiger partial charge in [0.25, 0.3) is 0 Å². The average Bonchev–Trinajstić information content (AvgIpc) is 2.63. The van der Waals surface area contributed by atoms with Crippen LogP contribution in [0.3, 0.4) is 0 Å². The normalized spacial score (nSPS) is 10.2. The smallest absolute Gasteiger partial charge is 0.229 e. The van der Waals surface area contributed by atoms with Crippen LogP contribution in [0.15, 0.2) is 66.9 Å². The van der Waals surface area contributed by atoms with Gasteiger partial charge in [-0.05, 0) is 42.3 Å². The number of hydrogen-bond acceptors (Lipinski definition) is 5.